The molecule has 2 rings (SSSR count). The minimum atomic E-state index is -0.597. The Hall–Kier alpha value is -2.34. The van der Waals surface area contributed by atoms with E-state index in [1.165, 1.54) is 0 Å². The number of hydrogen-bond acceptors (Lipinski definition) is 3. The third kappa shape index (κ3) is 7.00. The molecule has 0 saturated heterocycles. The third-order valence-corrected chi connectivity index (χ3v) is 4.75. The van der Waals surface area contributed by atoms with E-state index in [9.17, 15) is 9.59 Å². The van der Waals surface area contributed by atoms with E-state index in [2.05, 4.69) is 21.2 Å². The summed E-state index contributed by atoms with van der Waals surface area (Å²) in [4.78, 5) is 27.0. The topological polar surface area (TPSA) is 58.6 Å². The van der Waals surface area contributed by atoms with Gasteiger partial charge in [0.15, 0.2) is 6.61 Å². The van der Waals surface area contributed by atoms with Gasteiger partial charge < -0.3 is 15.0 Å². The molecule has 28 heavy (non-hydrogen) atoms. The first-order valence-corrected chi connectivity index (χ1v) is 10.2. The molecule has 1 unspecified atom stereocenters. The highest BCUT2D eigenvalue weighted by atomic mass is 79.9. The first-order valence-electron chi connectivity index (χ1n) is 9.36. The predicted octanol–water partition coefficient (Wildman–Crippen LogP) is 4.02. The summed E-state index contributed by atoms with van der Waals surface area (Å²) in [6.07, 6.45) is 0. The molecule has 0 spiro atoms. The number of benzene rings is 2. The van der Waals surface area contributed by atoms with Gasteiger partial charge in [-0.2, -0.15) is 0 Å². The minimum absolute atomic E-state index is 0.129. The Bertz CT molecular complexity index is 763. The van der Waals surface area contributed by atoms with E-state index in [0.29, 0.717) is 24.8 Å². The highest BCUT2D eigenvalue weighted by molar-refractivity contribution is 9.10. The zero-order chi connectivity index (χ0) is 20.5. The lowest BCUT2D eigenvalue weighted by Crippen LogP contribution is -2.49. The zero-order valence-corrected chi connectivity index (χ0v) is 18.1. The van der Waals surface area contributed by atoms with Gasteiger partial charge in [-0.25, -0.2) is 0 Å². The Balaban J connectivity index is 2.08. The SMILES string of the molecule is CC(C)CNC(=O)C(C)N(Cc1ccccc1)C(=O)COc1ccc(Br)cc1. The first-order chi connectivity index (χ1) is 13.4. The quantitative estimate of drug-likeness (QED) is 0.632. The summed E-state index contributed by atoms with van der Waals surface area (Å²) < 4.78 is 6.56. The summed E-state index contributed by atoms with van der Waals surface area (Å²) in [7, 11) is 0. The van der Waals surface area contributed by atoms with Crippen molar-refractivity contribution in [3.8, 4) is 5.75 Å². The molecule has 0 fully saturated rings. The number of nitrogens with zero attached hydrogens (tertiary/aromatic N) is 1. The summed E-state index contributed by atoms with van der Waals surface area (Å²) >= 11 is 3.37. The smallest absolute Gasteiger partial charge is 0.261 e. The van der Waals surface area contributed by atoms with Crippen LogP contribution >= 0.6 is 15.9 Å². The molecule has 0 aliphatic rings. The van der Waals surface area contributed by atoms with Crippen LogP contribution in [0.3, 0.4) is 0 Å². The molecule has 0 radical (unpaired) electrons. The van der Waals surface area contributed by atoms with Crippen LogP contribution < -0.4 is 10.1 Å². The van der Waals surface area contributed by atoms with Gasteiger partial charge in [0.1, 0.15) is 11.8 Å². The lowest BCUT2D eigenvalue weighted by molar-refractivity contribution is -0.142. The Kier molecular flexibility index (Phi) is 8.51. The van der Waals surface area contributed by atoms with Crippen LogP contribution in [0.1, 0.15) is 26.3 Å². The predicted molar refractivity (Wildman–Crippen MR) is 114 cm³/mol. The van der Waals surface area contributed by atoms with Crippen molar-refractivity contribution in [3.05, 3.63) is 64.6 Å². The molecule has 0 heterocycles. The highest BCUT2D eigenvalue weighted by Gasteiger charge is 2.26. The summed E-state index contributed by atoms with van der Waals surface area (Å²) in [5.74, 6) is 0.545. The third-order valence-electron chi connectivity index (χ3n) is 4.22. The molecule has 2 aromatic rings. The van der Waals surface area contributed by atoms with Crippen LogP contribution in [0.25, 0.3) is 0 Å². The molecule has 0 aliphatic heterocycles. The zero-order valence-electron chi connectivity index (χ0n) is 16.5. The monoisotopic (exact) mass is 446 g/mol. The van der Waals surface area contributed by atoms with Crippen molar-refractivity contribution < 1.29 is 14.3 Å². The second kappa shape index (κ2) is 10.9. The second-order valence-electron chi connectivity index (χ2n) is 7.06. The second-order valence-corrected chi connectivity index (χ2v) is 7.98. The van der Waals surface area contributed by atoms with Gasteiger partial charge >= 0.3 is 0 Å². The van der Waals surface area contributed by atoms with Gasteiger partial charge in [-0.3, -0.25) is 9.59 Å². The standard InChI is InChI=1S/C22H27BrN2O3/c1-16(2)13-24-22(27)17(3)25(14-18-7-5-4-6-8-18)21(26)15-28-20-11-9-19(23)10-12-20/h4-12,16-17H,13-15H2,1-3H3,(H,24,27). The Morgan fingerprint density at radius 1 is 1.04 bits per heavy atom. The van der Waals surface area contributed by atoms with Crippen molar-refractivity contribution in [1.29, 1.82) is 0 Å². The molecule has 0 aliphatic carbocycles. The van der Waals surface area contributed by atoms with Gasteiger partial charge in [0.2, 0.25) is 5.91 Å². The molecule has 6 heteroatoms. The van der Waals surface area contributed by atoms with Crippen molar-refractivity contribution in [3.63, 3.8) is 0 Å². The summed E-state index contributed by atoms with van der Waals surface area (Å²) in [5, 5.41) is 2.90. The van der Waals surface area contributed by atoms with Crippen molar-refractivity contribution in [2.24, 2.45) is 5.92 Å². The molecule has 1 N–H and O–H groups in total. The van der Waals surface area contributed by atoms with Gasteiger partial charge in [-0.1, -0.05) is 60.1 Å². The maximum atomic E-state index is 12.9. The number of halogens is 1. The van der Waals surface area contributed by atoms with Crippen LogP contribution in [0.5, 0.6) is 5.75 Å². The van der Waals surface area contributed by atoms with Crippen LogP contribution in [0.4, 0.5) is 0 Å². The maximum Gasteiger partial charge on any atom is 0.261 e. The number of nitrogens with one attached hydrogen (secondary N) is 1. The number of carbonyl (C=O) groups excluding carboxylic acids is 2. The number of rotatable bonds is 9. The van der Waals surface area contributed by atoms with E-state index in [-0.39, 0.29) is 18.4 Å². The molecule has 150 valence electrons. The lowest BCUT2D eigenvalue weighted by atomic mass is 10.1. The minimum Gasteiger partial charge on any atom is -0.484 e. The molecule has 5 nitrogen and oxygen atoms in total. The molecule has 0 bridgehead atoms. The Morgan fingerprint density at radius 3 is 2.29 bits per heavy atom. The molecule has 0 saturated carbocycles. The van der Waals surface area contributed by atoms with Gasteiger partial charge in [-0.15, -0.1) is 0 Å². The van der Waals surface area contributed by atoms with Gasteiger partial charge in [0, 0.05) is 17.6 Å². The van der Waals surface area contributed by atoms with Crippen LogP contribution in [-0.2, 0) is 16.1 Å². The molecule has 2 amide bonds. The van der Waals surface area contributed by atoms with E-state index < -0.39 is 6.04 Å². The number of carbonyl (C=O) groups is 2. The van der Waals surface area contributed by atoms with E-state index in [1.807, 2.05) is 56.3 Å². The number of ether oxygens (including phenoxy) is 1. The van der Waals surface area contributed by atoms with E-state index in [4.69, 9.17) is 4.74 Å². The van der Waals surface area contributed by atoms with Gasteiger partial charge in [-0.05, 0) is 42.7 Å². The highest BCUT2D eigenvalue weighted by Crippen LogP contribution is 2.17. The molecular weight excluding hydrogens is 420 g/mol. The van der Waals surface area contributed by atoms with Crippen LogP contribution in [0, 0.1) is 5.92 Å². The Morgan fingerprint density at radius 2 is 1.68 bits per heavy atom. The van der Waals surface area contributed by atoms with Crippen molar-refractivity contribution in [2.45, 2.75) is 33.4 Å². The lowest BCUT2D eigenvalue weighted by Gasteiger charge is -2.29. The van der Waals surface area contributed by atoms with Crippen molar-refractivity contribution in [2.75, 3.05) is 13.2 Å². The summed E-state index contributed by atoms with van der Waals surface area (Å²) in [5.41, 5.74) is 0.961. The fraction of sp³-hybridized carbons (Fsp3) is 0.364. The molecule has 1 atom stereocenters. The number of amides is 2. The fourth-order valence-electron chi connectivity index (χ4n) is 2.57. The van der Waals surface area contributed by atoms with E-state index >= 15 is 0 Å². The maximum absolute atomic E-state index is 12.9. The average Bonchev–Trinajstić information content (AvgIpc) is 2.69. The van der Waals surface area contributed by atoms with Crippen molar-refractivity contribution in [1.82, 2.24) is 10.2 Å². The summed E-state index contributed by atoms with van der Waals surface area (Å²) in [6, 6.07) is 16.3. The van der Waals surface area contributed by atoms with Gasteiger partial charge in [0.25, 0.3) is 5.91 Å². The first kappa shape index (κ1) is 22.0. The average molecular weight is 447 g/mol. The van der Waals surface area contributed by atoms with E-state index in [1.54, 1.807) is 24.0 Å². The normalized spacial score (nSPS) is 11.8. The fourth-order valence-corrected chi connectivity index (χ4v) is 2.84. The largest absolute Gasteiger partial charge is 0.484 e. The molecular formula is C22H27BrN2O3. The van der Waals surface area contributed by atoms with Crippen molar-refractivity contribution >= 4 is 27.7 Å². The van der Waals surface area contributed by atoms with Gasteiger partial charge in [0.05, 0.1) is 0 Å². The number of hydrogen-bond donors (Lipinski definition) is 1. The molecule has 2 aromatic carbocycles. The van der Waals surface area contributed by atoms with Crippen LogP contribution in [-0.4, -0.2) is 35.9 Å². The van der Waals surface area contributed by atoms with E-state index in [0.717, 1.165) is 10.0 Å². The molecule has 0 aromatic heterocycles. The van der Waals surface area contributed by atoms with Crippen LogP contribution in [0.2, 0.25) is 0 Å². The van der Waals surface area contributed by atoms with Crippen LogP contribution in [0.15, 0.2) is 59.1 Å². The Labute approximate surface area is 175 Å². The summed E-state index contributed by atoms with van der Waals surface area (Å²) in [6.45, 7) is 6.60.